The molecular formula is C11H17NO. The number of nitrogens with two attached hydrogens (primary N) is 1. The van der Waals surface area contributed by atoms with E-state index < -0.39 is 0 Å². The summed E-state index contributed by atoms with van der Waals surface area (Å²) in [6.45, 7) is 4.03. The highest BCUT2D eigenvalue weighted by atomic mass is 16.5. The topological polar surface area (TPSA) is 35.2 Å². The van der Waals surface area contributed by atoms with Gasteiger partial charge in [-0.1, -0.05) is 18.2 Å². The van der Waals surface area contributed by atoms with Crippen LogP contribution in [0.5, 0.6) is 5.75 Å². The fourth-order valence-electron chi connectivity index (χ4n) is 1.30. The van der Waals surface area contributed by atoms with Crippen LogP contribution < -0.4 is 10.5 Å². The van der Waals surface area contributed by atoms with Crippen molar-refractivity contribution in [3.8, 4) is 5.75 Å². The molecule has 2 N–H and O–H groups in total. The summed E-state index contributed by atoms with van der Waals surface area (Å²) in [5, 5.41) is 0. The number of hydrogen-bond donors (Lipinski definition) is 1. The fourth-order valence-corrected chi connectivity index (χ4v) is 1.30. The fraction of sp³-hybridized carbons (Fsp3) is 0.455. The molecule has 1 aromatic rings. The van der Waals surface area contributed by atoms with Gasteiger partial charge in [-0.2, -0.15) is 0 Å². The highest BCUT2D eigenvalue weighted by molar-refractivity contribution is 5.21. The average molecular weight is 179 g/mol. The van der Waals surface area contributed by atoms with Crippen molar-refractivity contribution >= 4 is 0 Å². The van der Waals surface area contributed by atoms with Crippen molar-refractivity contribution in [2.24, 2.45) is 5.73 Å². The summed E-state index contributed by atoms with van der Waals surface area (Å²) in [7, 11) is 0. The molecule has 0 aromatic heterocycles. The summed E-state index contributed by atoms with van der Waals surface area (Å²) < 4.78 is 5.65. The summed E-state index contributed by atoms with van der Waals surface area (Å²) >= 11 is 0. The predicted octanol–water partition coefficient (Wildman–Crippen LogP) is 2.19. The number of benzene rings is 1. The van der Waals surface area contributed by atoms with Crippen LogP contribution in [0.3, 0.4) is 0 Å². The quantitative estimate of drug-likeness (QED) is 0.769. The van der Waals surface area contributed by atoms with Crippen molar-refractivity contribution in [3.05, 3.63) is 30.3 Å². The van der Waals surface area contributed by atoms with Crippen molar-refractivity contribution in [1.82, 2.24) is 0 Å². The zero-order chi connectivity index (χ0) is 9.68. The molecule has 0 aliphatic carbocycles. The number of ether oxygens (including phenoxy) is 1. The van der Waals surface area contributed by atoms with E-state index in [2.05, 4.69) is 0 Å². The van der Waals surface area contributed by atoms with Crippen molar-refractivity contribution in [2.45, 2.75) is 32.4 Å². The summed E-state index contributed by atoms with van der Waals surface area (Å²) in [5.74, 6) is 0.913. The van der Waals surface area contributed by atoms with Crippen LogP contribution in [-0.4, -0.2) is 12.1 Å². The molecule has 2 unspecified atom stereocenters. The molecule has 2 heteroatoms. The molecule has 0 aliphatic heterocycles. The Labute approximate surface area is 79.7 Å². The number of hydrogen-bond acceptors (Lipinski definition) is 2. The van der Waals surface area contributed by atoms with Gasteiger partial charge in [-0.3, -0.25) is 0 Å². The van der Waals surface area contributed by atoms with Crippen LogP contribution >= 0.6 is 0 Å². The van der Waals surface area contributed by atoms with E-state index in [1.165, 1.54) is 0 Å². The molecule has 0 radical (unpaired) electrons. The molecule has 0 aliphatic rings. The average Bonchev–Trinajstić information content (AvgIpc) is 2.04. The van der Waals surface area contributed by atoms with Crippen LogP contribution in [0.4, 0.5) is 0 Å². The van der Waals surface area contributed by atoms with Crippen LogP contribution in [0.15, 0.2) is 30.3 Å². The number of para-hydroxylation sites is 1. The lowest BCUT2D eigenvalue weighted by Crippen LogP contribution is -2.24. The van der Waals surface area contributed by atoms with Gasteiger partial charge in [-0.15, -0.1) is 0 Å². The van der Waals surface area contributed by atoms with Gasteiger partial charge in [0, 0.05) is 6.04 Å². The minimum atomic E-state index is 0.183. The Morgan fingerprint density at radius 2 is 1.85 bits per heavy atom. The molecule has 0 spiro atoms. The van der Waals surface area contributed by atoms with Crippen LogP contribution in [-0.2, 0) is 0 Å². The maximum absolute atomic E-state index is 5.67. The van der Waals surface area contributed by atoms with Gasteiger partial charge in [0.2, 0.25) is 0 Å². The second-order valence-corrected chi connectivity index (χ2v) is 3.45. The van der Waals surface area contributed by atoms with Crippen LogP contribution in [0, 0.1) is 0 Å². The van der Waals surface area contributed by atoms with Gasteiger partial charge in [0.15, 0.2) is 0 Å². The Hall–Kier alpha value is -1.02. The smallest absolute Gasteiger partial charge is 0.119 e. The zero-order valence-electron chi connectivity index (χ0n) is 8.23. The summed E-state index contributed by atoms with van der Waals surface area (Å²) in [6, 6.07) is 10.0. The molecule has 2 nitrogen and oxygen atoms in total. The Morgan fingerprint density at radius 3 is 2.38 bits per heavy atom. The van der Waals surface area contributed by atoms with Gasteiger partial charge in [0.25, 0.3) is 0 Å². The maximum Gasteiger partial charge on any atom is 0.119 e. The Morgan fingerprint density at radius 1 is 1.23 bits per heavy atom. The Balaban J connectivity index is 2.41. The summed E-state index contributed by atoms with van der Waals surface area (Å²) in [4.78, 5) is 0. The first-order valence-corrected chi connectivity index (χ1v) is 4.66. The molecule has 1 rings (SSSR count). The molecule has 0 bridgehead atoms. The van der Waals surface area contributed by atoms with Crippen LogP contribution in [0.2, 0.25) is 0 Å². The third-order valence-corrected chi connectivity index (χ3v) is 1.78. The van der Waals surface area contributed by atoms with Gasteiger partial charge in [-0.05, 0) is 32.4 Å². The monoisotopic (exact) mass is 179 g/mol. The van der Waals surface area contributed by atoms with E-state index in [0.29, 0.717) is 0 Å². The van der Waals surface area contributed by atoms with E-state index in [4.69, 9.17) is 10.5 Å². The maximum atomic E-state index is 5.67. The van der Waals surface area contributed by atoms with E-state index in [0.717, 1.165) is 12.2 Å². The normalized spacial score (nSPS) is 15.0. The second-order valence-electron chi connectivity index (χ2n) is 3.45. The molecule has 2 atom stereocenters. The first-order chi connectivity index (χ1) is 6.18. The van der Waals surface area contributed by atoms with Crippen molar-refractivity contribution < 1.29 is 4.74 Å². The van der Waals surface area contributed by atoms with Gasteiger partial charge in [0.1, 0.15) is 5.75 Å². The molecule has 0 heterocycles. The SMILES string of the molecule is CC(N)CC(C)Oc1ccccc1. The molecule has 13 heavy (non-hydrogen) atoms. The molecule has 0 fully saturated rings. The molecule has 1 aromatic carbocycles. The largest absolute Gasteiger partial charge is 0.491 e. The lowest BCUT2D eigenvalue weighted by molar-refractivity contribution is 0.203. The lowest BCUT2D eigenvalue weighted by Gasteiger charge is -2.16. The summed E-state index contributed by atoms with van der Waals surface area (Å²) in [5.41, 5.74) is 5.67. The van der Waals surface area contributed by atoms with Crippen LogP contribution in [0.25, 0.3) is 0 Å². The Bertz CT molecular complexity index is 233. The third kappa shape index (κ3) is 3.95. The van der Waals surface area contributed by atoms with E-state index in [-0.39, 0.29) is 12.1 Å². The highest BCUT2D eigenvalue weighted by Crippen LogP contribution is 2.12. The highest BCUT2D eigenvalue weighted by Gasteiger charge is 2.05. The van der Waals surface area contributed by atoms with Crippen molar-refractivity contribution in [2.75, 3.05) is 0 Å². The van der Waals surface area contributed by atoms with E-state index >= 15 is 0 Å². The second kappa shape index (κ2) is 4.87. The van der Waals surface area contributed by atoms with E-state index in [9.17, 15) is 0 Å². The van der Waals surface area contributed by atoms with Crippen molar-refractivity contribution in [1.29, 1.82) is 0 Å². The first kappa shape index (κ1) is 10.1. The first-order valence-electron chi connectivity index (χ1n) is 4.66. The molecule has 0 amide bonds. The Kier molecular flexibility index (Phi) is 3.77. The minimum absolute atomic E-state index is 0.183. The predicted molar refractivity (Wildman–Crippen MR) is 54.8 cm³/mol. The van der Waals surface area contributed by atoms with Crippen molar-refractivity contribution in [3.63, 3.8) is 0 Å². The van der Waals surface area contributed by atoms with Gasteiger partial charge in [-0.25, -0.2) is 0 Å². The zero-order valence-corrected chi connectivity index (χ0v) is 8.23. The minimum Gasteiger partial charge on any atom is -0.491 e. The van der Waals surface area contributed by atoms with E-state index in [1.54, 1.807) is 0 Å². The third-order valence-electron chi connectivity index (χ3n) is 1.78. The molecular weight excluding hydrogens is 162 g/mol. The van der Waals surface area contributed by atoms with Gasteiger partial charge < -0.3 is 10.5 Å². The molecule has 0 saturated carbocycles. The molecule has 0 saturated heterocycles. The number of rotatable bonds is 4. The van der Waals surface area contributed by atoms with Crippen LogP contribution in [0.1, 0.15) is 20.3 Å². The summed E-state index contributed by atoms with van der Waals surface area (Å²) in [6.07, 6.45) is 1.07. The van der Waals surface area contributed by atoms with Gasteiger partial charge >= 0.3 is 0 Å². The van der Waals surface area contributed by atoms with Gasteiger partial charge in [0.05, 0.1) is 6.10 Å². The van der Waals surface area contributed by atoms with E-state index in [1.807, 2.05) is 44.2 Å². The molecule has 72 valence electrons. The lowest BCUT2D eigenvalue weighted by atomic mass is 10.2. The standard InChI is InChI=1S/C11H17NO/c1-9(12)8-10(2)13-11-6-4-3-5-7-11/h3-7,9-10H,8,12H2,1-2H3.